The Labute approximate surface area is 249 Å². The first kappa shape index (κ1) is 30.9. The molecule has 0 heterocycles. The van der Waals surface area contributed by atoms with Gasteiger partial charge in [0.25, 0.3) is 0 Å². The number of benzene rings is 4. The van der Waals surface area contributed by atoms with Crippen LogP contribution in [0.4, 0.5) is 0 Å². The van der Waals surface area contributed by atoms with E-state index in [1.807, 2.05) is 99.6 Å². The fraction of sp³-hybridized carbons (Fsp3) is 0.294. The summed E-state index contributed by atoms with van der Waals surface area (Å²) in [6.07, 6.45) is 1.03. The summed E-state index contributed by atoms with van der Waals surface area (Å²) < 4.78 is 28.2. The van der Waals surface area contributed by atoms with Gasteiger partial charge in [-0.3, -0.25) is 9.59 Å². The molecule has 0 saturated carbocycles. The molecule has 0 aliphatic carbocycles. The molecule has 2 atom stereocenters. The number of sulfonamides is 1. The van der Waals surface area contributed by atoms with Gasteiger partial charge in [0.1, 0.15) is 6.04 Å². The Kier molecular flexibility index (Phi) is 10.1. The minimum atomic E-state index is -3.98. The summed E-state index contributed by atoms with van der Waals surface area (Å²) in [6, 6.07) is 28.9. The van der Waals surface area contributed by atoms with E-state index in [-0.39, 0.29) is 23.4 Å². The second-order valence-corrected chi connectivity index (χ2v) is 12.8. The number of likely N-dealkylation sites (N-methyl/N-ethyl adjacent to an activating group) is 1. The third-order valence-corrected chi connectivity index (χ3v) is 9.33. The monoisotopic (exact) mass is 585 g/mol. The zero-order valence-corrected chi connectivity index (χ0v) is 25.5. The van der Waals surface area contributed by atoms with Crippen molar-refractivity contribution in [2.45, 2.75) is 57.1 Å². The molecule has 8 heteroatoms. The molecule has 0 aromatic heterocycles. The Morgan fingerprint density at radius 2 is 1.48 bits per heavy atom. The Balaban J connectivity index is 1.67. The Morgan fingerprint density at radius 1 is 0.833 bits per heavy atom. The third-order valence-electron chi connectivity index (χ3n) is 7.53. The third kappa shape index (κ3) is 7.63. The van der Waals surface area contributed by atoms with Crippen LogP contribution in [0.3, 0.4) is 0 Å². The van der Waals surface area contributed by atoms with Gasteiger partial charge in [0.2, 0.25) is 21.8 Å². The molecule has 0 fully saturated rings. The van der Waals surface area contributed by atoms with E-state index in [1.54, 1.807) is 18.2 Å². The Morgan fingerprint density at radius 3 is 2.14 bits per heavy atom. The minimum absolute atomic E-state index is 0.0805. The molecular weight excluding hydrogens is 546 g/mol. The highest BCUT2D eigenvalue weighted by Crippen LogP contribution is 2.22. The molecule has 0 aliphatic heterocycles. The van der Waals surface area contributed by atoms with Crippen LogP contribution in [-0.4, -0.2) is 55.1 Å². The molecule has 0 radical (unpaired) electrons. The van der Waals surface area contributed by atoms with Crippen molar-refractivity contribution in [1.82, 2.24) is 14.5 Å². The fourth-order valence-corrected chi connectivity index (χ4v) is 5.92. The molecule has 2 amide bonds. The van der Waals surface area contributed by atoms with Gasteiger partial charge in [-0.15, -0.1) is 0 Å². The van der Waals surface area contributed by atoms with E-state index in [9.17, 15) is 18.0 Å². The zero-order chi connectivity index (χ0) is 30.3. The predicted molar refractivity (Wildman–Crippen MR) is 167 cm³/mol. The van der Waals surface area contributed by atoms with Gasteiger partial charge < -0.3 is 10.2 Å². The Bertz CT molecular complexity index is 1620. The summed E-state index contributed by atoms with van der Waals surface area (Å²) in [5.41, 5.74) is 2.83. The molecule has 0 saturated heterocycles. The molecule has 42 heavy (non-hydrogen) atoms. The van der Waals surface area contributed by atoms with E-state index in [0.29, 0.717) is 6.42 Å². The lowest BCUT2D eigenvalue weighted by atomic mass is 10.0. The van der Waals surface area contributed by atoms with Crippen LogP contribution in [-0.2, 0) is 32.6 Å². The number of nitrogens with zero attached hydrogens (tertiary/aromatic N) is 2. The van der Waals surface area contributed by atoms with Crippen LogP contribution >= 0.6 is 0 Å². The lowest BCUT2D eigenvalue weighted by Crippen LogP contribution is -2.54. The van der Waals surface area contributed by atoms with Gasteiger partial charge in [-0.25, -0.2) is 8.42 Å². The van der Waals surface area contributed by atoms with Crippen molar-refractivity contribution in [3.63, 3.8) is 0 Å². The smallest absolute Gasteiger partial charge is 0.243 e. The number of hydrogen-bond acceptors (Lipinski definition) is 4. The van der Waals surface area contributed by atoms with Crippen LogP contribution in [0.2, 0.25) is 0 Å². The zero-order valence-electron chi connectivity index (χ0n) is 24.7. The molecule has 1 N–H and O–H groups in total. The van der Waals surface area contributed by atoms with Gasteiger partial charge in [-0.1, -0.05) is 97.4 Å². The van der Waals surface area contributed by atoms with E-state index >= 15 is 0 Å². The van der Waals surface area contributed by atoms with Gasteiger partial charge in [-0.2, -0.15) is 4.31 Å². The summed E-state index contributed by atoms with van der Waals surface area (Å²) in [5.74, 6) is -0.726. The van der Waals surface area contributed by atoms with Crippen LogP contribution in [0.15, 0.2) is 102 Å². The van der Waals surface area contributed by atoms with Crippen molar-refractivity contribution in [3.05, 3.63) is 114 Å². The highest BCUT2D eigenvalue weighted by atomic mass is 32.2. The number of carbonyl (C=O) groups excluding carboxylic acids is 2. The van der Waals surface area contributed by atoms with Crippen molar-refractivity contribution < 1.29 is 18.0 Å². The van der Waals surface area contributed by atoms with Crippen molar-refractivity contribution in [2.24, 2.45) is 0 Å². The van der Waals surface area contributed by atoms with E-state index in [1.165, 1.54) is 11.9 Å². The lowest BCUT2D eigenvalue weighted by molar-refractivity contribution is -0.141. The van der Waals surface area contributed by atoms with E-state index in [0.717, 1.165) is 38.2 Å². The van der Waals surface area contributed by atoms with E-state index < -0.39 is 28.5 Å². The number of hydrogen-bond donors (Lipinski definition) is 1. The van der Waals surface area contributed by atoms with Gasteiger partial charge >= 0.3 is 0 Å². The fourth-order valence-electron chi connectivity index (χ4n) is 4.76. The second kappa shape index (κ2) is 13.8. The maximum absolute atomic E-state index is 14.0. The molecule has 0 unspecified atom stereocenters. The number of amides is 2. The minimum Gasteiger partial charge on any atom is -0.352 e. The molecule has 0 spiro atoms. The number of fused-ring (bicyclic) bond motifs is 1. The van der Waals surface area contributed by atoms with Crippen molar-refractivity contribution in [3.8, 4) is 0 Å². The average Bonchev–Trinajstić information content (AvgIpc) is 2.99. The van der Waals surface area contributed by atoms with Gasteiger partial charge in [0, 0.05) is 26.1 Å². The topological polar surface area (TPSA) is 86.8 Å². The first-order valence-corrected chi connectivity index (χ1v) is 15.7. The summed E-state index contributed by atoms with van der Waals surface area (Å²) in [6.45, 7) is 5.64. The molecular formula is C34H39N3O4S. The molecule has 4 aromatic carbocycles. The van der Waals surface area contributed by atoms with E-state index in [4.69, 9.17) is 0 Å². The Hall–Kier alpha value is -4.01. The maximum atomic E-state index is 14.0. The molecule has 4 aromatic rings. The number of carbonyl (C=O) groups is 2. The SMILES string of the molecule is CC[C@H](C)NC(=O)[C@H](Cc1ccccc1)N(Cc1ccc(C)cc1)C(=O)CN(C)S(=O)(=O)c1ccc2ccccc2c1. The summed E-state index contributed by atoms with van der Waals surface area (Å²) >= 11 is 0. The maximum Gasteiger partial charge on any atom is 0.243 e. The summed E-state index contributed by atoms with van der Waals surface area (Å²) in [7, 11) is -2.58. The predicted octanol–water partition coefficient (Wildman–Crippen LogP) is 5.32. The van der Waals surface area contributed by atoms with Crippen molar-refractivity contribution >= 4 is 32.6 Å². The van der Waals surface area contributed by atoms with Gasteiger partial charge in [0.05, 0.1) is 11.4 Å². The average molecular weight is 586 g/mol. The molecule has 220 valence electrons. The van der Waals surface area contributed by atoms with Crippen molar-refractivity contribution in [2.75, 3.05) is 13.6 Å². The van der Waals surface area contributed by atoms with Crippen LogP contribution in [0, 0.1) is 6.92 Å². The molecule has 0 aliphatic rings. The second-order valence-electron chi connectivity index (χ2n) is 10.8. The molecule has 0 bridgehead atoms. The molecule has 7 nitrogen and oxygen atoms in total. The summed E-state index contributed by atoms with van der Waals surface area (Å²) in [4.78, 5) is 29.4. The van der Waals surface area contributed by atoms with Gasteiger partial charge in [-0.05, 0) is 54.3 Å². The van der Waals surface area contributed by atoms with E-state index in [2.05, 4.69) is 5.32 Å². The lowest BCUT2D eigenvalue weighted by Gasteiger charge is -2.33. The largest absolute Gasteiger partial charge is 0.352 e. The first-order chi connectivity index (χ1) is 20.1. The number of aryl methyl sites for hydroxylation is 1. The first-order valence-electron chi connectivity index (χ1n) is 14.2. The normalized spacial score (nSPS) is 13.1. The van der Waals surface area contributed by atoms with Crippen LogP contribution < -0.4 is 5.32 Å². The number of rotatable bonds is 12. The highest BCUT2D eigenvalue weighted by Gasteiger charge is 2.33. The standard InChI is InChI=1S/C34H39N3O4S/c1-5-26(3)35-34(39)32(21-27-11-7-6-8-12-27)37(23-28-17-15-25(2)16-18-28)33(38)24-36(4)42(40,41)31-20-19-29-13-9-10-14-30(29)22-31/h6-20,22,26,32H,5,21,23-24H2,1-4H3,(H,35,39)/t26-,32-/m0/s1. The van der Waals surface area contributed by atoms with Crippen molar-refractivity contribution in [1.29, 1.82) is 0 Å². The molecule has 4 rings (SSSR count). The number of nitrogens with one attached hydrogen (secondary N) is 1. The summed E-state index contributed by atoms with van der Waals surface area (Å²) in [5, 5.41) is 4.76. The van der Waals surface area contributed by atoms with Crippen LogP contribution in [0.25, 0.3) is 10.8 Å². The van der Waals surface area contributed by atoms with Gasteiger partial charge in [0.15, 0.2) is 0 Å². The van der Waals surface area contributed by atoms with Crippen LogP contribution in [0.5, 0.6) is 0 Å². The quantitative estimate of drug-likeness (QED) is 0.244. The van der Waals surface area contributed by atoms with Crippen LogP contribution in [0.1, 0.15) is 37.0 Å². The highest BCUT2D eigenvalue weighted by molar-refractivity contribution is 7.89.